The highest BCUT2D eigenvalue weighted by molar-refractivity contribution is 6.17. The SMILES string of the molecule is Cc1cc(C(=O)NCCCOCCCl)cc([N+](=O)[O-])c1. The van der Waals surface area contributed by atoms with Crippen LogP contribution in [-0.2, 0) is 4.74 Å². The van der Waals surface area contributed by atoms with Crippen LogP contribution in [0, 0.1) is 17.0 Å². The molecular formula is C13H17ClN2O4. The molecule has 0 aliphatic rings. The topological polar surface area (TPSA) is 81.5 Å². The van der Waals surface area contributed by atoms with E-state index in [4.69, 9.17) is 16.3 Å². The van der Waals surface area contributed by atoms with Crippen molar-refractivity contribution in [3.63, 3.8) is 0 Å². The van der Waals surface area contributed by atoms with Gasteiger partial charge in [-0.05, 0) is 25.0 Å². The van der Waals surface area contributed by atoms with Gasteiger partial charge in [-0.15, -0.1) is 11.6 Å². The van der Waals surface area contributed by atoms with E-state index in [1.165, 1.54) is 12.1 Å². The number of amides is 1. The minimum absolute atomic E-state index is 0.0828. The van der Waals surface area contributed by atoms with Crippen LogP contribution in [0.15, 0.2) is 18.2 Å². The third-order valence-electron chi connectivity index (χ3n) is 2.51. The van der Waals surface area contributed by atoms with Gasteiger partial charge in [0, 0.05) is 36.7 Å². The first-order valence-electron chi connectivity index (χ1n) is 6.22. The Kier molecular flexibility index (Phi) is 6.97. The molecule has 20 heavy (non-hydrogen) atoms. The van der Waals surface area contributed by atoms with Crippen molar-refractivity contribution in [1.29, 1.82) is 0 Å². The maximum Gasteiger partial charge on any atom is 0.270 e. The molecule has 110 valence electrons. The zero-order valence-electron chi connectivity index (χ0n) is 11.2. The predicted molar refractivity (Wildman–Crippen MR) is 76.3 cm³/mol. The maximum absolute atomic E-state index is 11.9. The molecule has 0 bridgehead atoms. The number of nitrogens with zero attached hydrogens (tertiary/aromatic N) is 1. The molecule has 0 fully saturated rings. The summed E-state index contributed by atoms with van der Waals surface area (Å²) in [7, 11) is 0. The second-order valence-corrected chi connectivity index (χ2v) is 4.60. The lowest BCUT2D eigenvalue weighted by Crippen LogP contribution is -2.25. The number of nitro groups is 1. The summed E-state index contributed by atoms with van der Waals surface area (Å²) in [4.78, 5) is 22.1. The van der Waals surface area contributed by atoms with Gasteiger partial charge in [-0.3, -0.25) is 14.9 Å². The summed E-state index contributed by atoms with van der Waals surface area (Å²) in [5.74, 6) is 0.119. The second kappa shape index (κ2) is 8.50. The highest BCUT2D eigenvalue weighted by Crippen LogP contribution is 2.16. The number of ether oxygens (including phenoxy) is 1. The molecule has 1 amide bonds. The van der Waals surface area contributed by atoms with Crippen molar-refractivity contribution in [3.8, 4) is 0 Å². The summed E-state index contributed by atoms with van der Waals surface area (Å²) >= 11 is 5.45. The van der Waals surface area contributed by atoms with Gasteiger partial charge in [0.15, 0.2) is 0 Å². The van der Waals surface area contributed by atoms with Crippen LogP contribution >= 0.6 is 11.6 Å². The van der Waals surface area contributed by atoms with E-state index in [9.17, 15) is 14.9 Å². The number of nitro benzene ring substituents is 1. The molecule has 0 aromatic heterocycles. The molecule has 0 aliphatic heterocycles. The normalized spacial score (nSPS) is 10.3. The van der Waals surface area contributed by atoms with Gasteiger partial charge in [-0.25, -0.2) is 0 Å². The Hall–Kier alpha value is -1.66. The molecule has 0 atom stereocenters. The van der Waals surface area contributed by atoms with Crippen LogP contribution in [-0.4, -0.2) is 36.5 Å². The molecule has 0 saturated heterocycles. The van der Waals surface area contributed by atoms with Gasteiger partial charge in [0.25, 0.3) is 11.6 Å². The molecule has 0 radical (unpaired) electrons. The Bertz CT molecular complexity index is 479. The molecule has 6 nitrogen and oxygen atoms in total. The molecule has 7 heteroatoms. The summed E-state index contributed by atoms with van der Waals surface area (Å²) in [6.07, 6.45) is 0.663. The molecule has 0 aliphatic carbocycles. The number of halogens is 1. The summed E-state index contributed by atoms with van der Waals surface area (Å²) in [6.45, 7) is 3.16. The highest BCUT2D eigenvalue weighted by Gasteiger charge is 2.12. The lowest BCUT2D eigenvalue weighted by atomic mass is 10.1. The third kappa shape index (κ3) is 5.54. The zero-order chi connectivity index (χ0) is 15.0. The number of rotatable bonds is 8. The van der Waals surface area contributed by atoms with Gasteiger partial charge in [0.1, 0.15) is 0 Å². The monoisotopic (exact) mass is 300 g/mol. The molecule has 0 unspecified atom stereocenters. The molecule has 0 saturated carbocycles. The van der Waals surface area contributed by atoms with Crippen molar-refractivity contribution in [2.24, 2.45) is 0 Å². The number of aryl methyl sites for hydroxylation is 1. The quantitative estimate of drug-likeness (QED) is 0.345. The molecule has 1 rings (SSSR count). The van der Waals surface area contributed by atoms with E-state index in [2.05, 4.69) is 5.32 Å². The van der Waals surface area contributed by atoms with Gasteiger partial charge in [0.05, 0.1) is 11.5 Å². The number of nitrogens with one attached hydrogen (secondary N) is 1. The second-order valence-electron chi connectivity index (χ2n) is 4.23. The van der Waals surface area contributed by atoms with Crippen molar-refractivity contribution >= 4 is 23.2 Å². The molecular weight excluding hydrogens is 284 g/mol. The fourth-order valence-electron chi connectivity index (χ4n) is 1.63. The van der Waals surface area contributed by atoms with Crippen LogP contribution in [0.2, 0.25) is 0 Å². The first kappa shape index (κ1) is 16.4. The first-order valence-corrected chi connectivity index (χ1v) is 6.76. The van der Waals surface area contributed by atoms with Crippen molar-refractivity contribution < 1.29 is 14.5 Å². The fourth-order valence-corrected chi connectivity index (χ4v) is 1.74. The van der Waals surface area contributed by atoms with Crippen LogP contribution in [0.1, 0.15) is 22.3 Å². The molecule has 0 spiro atoms. The average molecular weight is 301 g/mol. The third-order valence-corrected chi connectivity index (χ3v) is 2.66. The number of hydrogen-bond donors (Lipinski definition) is 1. The van der Waals surface area contributed by atoms with E-state index in [1.54, 1.807) is 13.0 Å². The number of carbonyl (C=O) groups excluding carboxylic acids is 1. The molecule has 0 heterocycles. The summed E-state index contributed by atoms with van der Waals surface area (Å²) in [5, 5.41) is 13.4. The van der Waals surface area contributed by atoms with Gasteiger partial charge >= 0.3 is 0 Å². The zero-order valence-corrected chi connectivity index (χ0v) is 12.0. The summed E-state index contributed by atoms with van der Waals surface area (Å²) < 4.78 is 5.17. The highest BCUT2D eigenvalue weighted by atomic mass is 35.5. The minimum Gasteiger partial charge on any atom is -0.380 e. The maximum atomic E-state index is 11.9. The van der Waals surface area contributed by atoms with Crippen LogP contribution < -0.4 is 5.32 Å². The minimum atomic E-state index is -0.510. The Labute approximate surface area is 122 Å². The van der Waals surface area contributed by atoms with Gasteiger partial charge < -0.3 is 10.1 Å². The number of non-ortho nitro benzene ring substituents is 1. The number of hydrogen-bond acceptors (Lipinski definition) is 4. The number of alkyl halides is 1. The van der Waals surface area contributed by atoms with Crippen molar-refractivity contribution in [3.05, 3.63) is 39.4 Å². The Morgan fingerprint density at radius 1 is 1.40 bits per heavy atom. The standard InChI is InChI=1S/C13H17ClN2O4/c1-10-7-11(9-12(8-10)16(18)19)13(17)15-4-2-5-20-6-3-14/h7-9H,2-6H2,1H3,(H,15,17). The lowest BCUT2D eigenvalue weighted by Gasteiger charge is -2.06. The summed E-state index contributed by atoms with van der Waals surface area (Å²) in [5.41, 5.74) is 0.883. The van der Waals surface area contributed by atoms with Crippen LogP contribution in [0.3, 0.4) is 0 Å². The van der Waals surface area contributed by atoms with E-state index < -0.39 is 4.92 Å². The predicted octanol–water partition coefficient (Wildman–Crippen LogP) is 2.28. The van der Waals surface area contributed by atoms with Gasteiger partial charge in [-0.1, -0.05) is 0 Å². The molecule has 1 aromatic carbocycles. The Balaban J connectivity index is 2.49. The van der Waals surface area contributed by atoms with Crippen LogP contribution in [0.25, 0.3) is 0 Å². The smallest absolute Gasteiger partial charge is 0.270 e. The van der Waals surface area contributed by atoms with Crippen molar-refractivity contribution in [2.45, 2.75) is 13.3 Å². The molecule has 1 N–H and O–H groups in total. The van der Waals surface area contributed by atoms with E-state index in [0.717, 1.165) is 0 Å². The van der Waals surface area contributed by atoms with Crippen molar-refractivity contribution in [2.75, 3.05) is 25.6 Å². The lowest BCUT2D eigenvalue weighted by molar-refractivity contribution is -0.384. The number of benzene rings is 1. The largest absolute Gasteiger partial charge is 0.380 e. The van der Waals surface area contributed by atoms with Crippen LogP contribution in [0.4, 0.5) is 5.69 Å². The summed E-state index contributed by atoms with van der Waals surface area (Å²) in [6, 6.07) is 4.31. The first-order chi connectivity index (χ1) is 9.54. The molecule has 1 aromatic rings. The average Bonchev–Trinajstić information content (AvgIpc) is 2.41. The fraction of sp³-hybridized carbons (Fsp3) is 0.462. The van der Waals surface area contributed by atoms with E-state index in [0.29, 0.717) is 43.2 Å². The van der Waals surface area contributed by atoms with E-state index in [1.807, 2.05) is 0 Å². The van der Waals surface area contributed by atoms with E-state index in [-0.39, 0.29) is 11.6 Å². The van der Waals surface area contributed by atoms with Gasteiger partial charge in [0.2, 0.25) is 0 Å². The Morgan fingerprint density at radius 2 is 2.15 bits per heavy atom. The number of carbonyl (C=O) groups is 1. The van der Waals surface area contributed by atoms with Crippen molar-refractivity contribution in [1.82, 2.24) is 5.32 Å². The Morgan fingerprint density at radius 3 is 2.80 bits per heavy atom. The van der Waals surface area contributed by atoms with E-state index >= 15 is 0 Å². The van der Waals surface area contributed by atoms with Crippen LogP contribution in [0.5, 0.6) is 0 Å². The van der Waals surface area contributed by atoms with Gasteiger partial charge in [-0.2, -0.15) is 0 Å².